The van der Waals surface area contributed by atoms with Crippen LogP contribution in [-0.2, 0) is 9.84 Å². The average Bonchev–Trinajstić information content (AvgIpc) is 2.63. The van der Waals surface area contributed by atoms with Crippen LogP contribution in [0.1, 0.15) is 84.0 Å². The molecule has 0 spiro atoms. The van der Waals surface area contributed by atoms with Crippen LogP contribution in [0.3, 0.4) is 0 Å². The third kappa shape index (κ3) is 8.87. The molecule has 0 fully saturated rings. The number of unbranched alkanes of at least 4 members (excludes halogenated alkanes) is 9. The van der Waals surface area contributed by atoms with Crippen molar-refractivity contribution in [2.75, 3.05) is 6.61 Å². The number of aliphatic hydroxyl groups excluding tert-OH is 1. The molecule has 1 rings (SSSR count). The molecule has 0 amide bonds. The lowest BCUT2D eigenvalue weighted by Crippen LogP contribution is -2.23. The molecule has 25 heavy (non-hydrogen) atoms. The summed E-state index contributed by atoms with van der Waals surface area (Å²) in [7, 11) is -3.33. The third-order valence-corrected chi connectivity index (χ3v) is 7.12. The summed E-state index contributed by atoms with van der Waals surface area (Å²) in [5, 5.41) is 8.78. The second-order valence-corrected chi connectivity index (χ2v) is 9.19. The van der Waals surface area contributed by atoms with Gasteiger partial charge < -0.3 is 5.11 Å². The van der Waals surface area contributed by atoms with Crippen molar-refractivity contribution in [1.82, 2.24) is 0 Å². The van der Waals surface area contributed by atoms with E-state index in [4.69, 9.17) is 0 Å². The molecular formula is C21H36O3S. The number of benzene rings is 1. The maximum atomic E-state index is 12.7. The maximum Gasteiger partial charge on any atom is 0.181 e. The smallest absolute Gasteiger partial charge is 0.181 e. The minimum absolute atomic E-state index is 0.0749. The highest BCUT2D eigenvalue weighted by Crippen LogP contribution is 2.23. The highest BCUT2D eigenvalue weighted by molar-refractivity contribution is 7.92. The Labute approximate surface area is 154 Å². The van der Waals surface area contributed by atoms with Crippen LogP contribution in [-0.4, -0.2) is 25.4 Å². The van der Waals surface area contributed by atoms with Gasteiger partial charge in [-0.25, -0.2) is 8.42 Å². The fraction of sp³-hybridized carbons (Fsp3) is 0.714. The summed E-state index contributed by atoms with van der Waals surface area (Å²) >= 11 is 0. The number of aliphatic hydroxyl groups is 1. The summed E-state index contributed by atoms with van der Waals surface area (Å²) in [5.74, 6) is 0. The molecule has 4 heteroatoms. The Morgan fingerprint density at radius 1 is 0.800 bits per heavy atom. The van der Waals surface area contributed by atoms with E-state index in [2.05, 4.69) is 6.92 Å². The van der Waals surface area contributed by atoms with E-state index in [9.17, 15) is 13.5 Å². The van der Waals surface area contributed by atoms with E-state index in [0.29, 0.717) is 17.7 Å². The highest BCUT2D eigenvalue weighted by atomic mass is 32.2. The highest BCUT2D eigenvalue weighted by Gasteiger charge is 2.26. The van der Waals surface area contributed by atoms with Gasteiger partial charge in [-0.2, -0.15) is 0 Å². The Kier molecular flexibility index (Phi) is 11.8. The van der Waals surface area contributed by atoms with Gasteiger partial charge in [0.15, 0.2) is 9.84 Å². The molecule has 1 N–H and O–H groups in total. The molecule has 0 radical (unpaired) electrons. The van der Waals surface area contributed by atoms with Crippen LogP contribution in [0.2, 0.25) is 0 Å². The van der Waals surface area contributed by atoms with Gasteiger partial charge in [0.25, 0.3) is 0 Å². The van der Waals surface area contributed by atoms with Gasteiger partial charge in [0.1, 0.15) is 0 Å². The van der Waals surface area contributed by atoms with Crippen molar-refractivity contribution in [1.29, 1.82) is 0 Å². The first-order valence-corrected chi connectivity index (χ1v) is 11.6. The van der Waals surface area contributed by atoms with Gasteiger partial charge in [-0.05, 0) is 25.0 Å². The normalized spacial score (nSPS) is 13.0. The Morgan fingerprint density at radius 2 is 1.32 bits per heavy atom. The Bertz CT molecular complexity index is 525. The molecule has 0 aromatic heterocycles. The molecule has 0 aliphatic rings. The molecule has 144 valence electrons. The summed E-state index contributed by atoms with van der Waals surface area (Å²) in [4.78, 5) is 0.375. The first-order valence-electron chi connectivity index (χ1n) is 10.0. The largest absolute Gasteiger partial charge is 0.396 e. The van der Waals surface area contributed by atoms with E-state index < -0.39 is 15.1 Å². The fourth-order valence-electron chi connectivity index (χ4n) is 3.26. The van der Waals surface area contributed by atoms with Crippen molar-refractivity contribution in [3.63, 3.8) is 0 Å². The van der Waals surface area contributed by atoms with Gasteiger partial charge in [-0.3, -0.25) is 0 Å². The van der Waals surface area contributed by atoms with Gasteiger partial charge in [-0.1, -0.05) is 89.3 Å². The summed E-state index contributed by atoms with van der Waals surface area (Å²) < 4.78 is 25.4. The van der Waals surface area contributed by atoms with Gasteiger partial charge >= 0.3 is 0 Å². The lowest BCUT2D eigenvalue weighted by molar-refractivity contribution is 0.282. The number of hydrogen-bond acceptors (Lipinski definition) is 3. The zero-order valence-corrected chi connectivity index (χ0v) is 16.6. The topological polar surface area (TPSA) is 54.4 Å². The monoisotopic (exact) mass is 368 g/mol. The standard InChI is InChI=1S/C21H36O3S/c1-2-3-4-5-6-7-8-9-10-12-17-21(18-19-22)25(23,24)20-15-13-11-14-16-20/h11,13-16,21-22H,2-10,12,17-19H2,1H3. The molecular weight excluding hydrogens is 332 g/mol. The number of rotatable bonds is 15. The first-order chi connectivity index (χ1) is 12.1. The molecule has 1 aromatic rings. The Hall–Kier alpha value is -0.870. The molecule has 3 nitrogen and oxygen atoms in total. The third-order valence-electron chi connectivity index (χ3n) is 4.84. The second-order valence-electron chi connectivity index (χ2n) is 6.96. The Morgan fingerprint density at radius 3 is 1.84 bits per heavy atom. The van der Waals surface area contributed by atoms with E-state index in [1.807, 2.05) is 6.07 Å². The Balaban J connectivity index is 2.28. The van der Waals surface area contributed by atoms with E-state index in [1.54, 1.807) is 24.3 Å². The lowest BCUT2D eigenvalue weighted by atomic mass is 10.0. The lowest BCUT2D eigenvalue weighted by Gasteiger charge is -2.16. The van der Waals surface area contributed by atoms with Crippen LogP contribution < -0.4 is 0 Å². The number of hydrogen-bond donors (Lipinski definition) is 1. The summed E-state index contributed by atoms with van der Waals surface area (Å²) in [5.41, 5.74) is 0. The van der Waals surface area contributed by atoms with Gasteiger partial charge in [0.05, 0.1) is 10.1 Å². The van der Waals surface area contributed by atoms with Crippen LogP contribution in [0.5, 0.6) is 0 Å². The minimum Gasteiger partial charge on any atom is -0.396 e. The molecule has 0 heterocycles. The van der Waals surface area contributed by atoms with Crippen molar-refractivity contribution in [2.24, 2.45) is 0 Å². The minimum atomic E-state index is -3.33. The van der Waals surface area contributed by atoms with Gasteiger partial charge in [-0.15, -0.1) is 0 Å². The summed E-state index contributed by atoms with van der Waals surface area (Å²) in [6.45, 7) is 2.16. The van der Waals surface area contributed by atoms with Crippen LogP contribution >= 0.6 is 0 Å². The van der Waals surface area contributed by atoms with E-state index >= 15 is 0 Å². The van der Waals surface area contributed by atoms with E-state index in [-0.39, 0.29) is 6.61 Å². The SMILES string of the molecule is CCCCCCCCCCCCC(CCO)S(=O)(=O)c1ccccc1. The molecule has 1 atom stereocenters. The summed E-state index contributed by atoms with van der Waals surface area (Å²) in [6, 6.07) is 8.63. The van der Waals surface area contributed by atoms with Crippen LogP contribution in [0.4, 0.5) is 0 Å². The molecule has 0 bridgehead atoms. The summed E-state index contributed by atoms with van der Waals surface area (Å²) in [6.07, 6.45) is 13.4. The molecule has 0 saturated carbocycles. The van der Waals surface area contributed by atoms with Crippen molar-refractivity contribution >= 4 is 9.84 Å². The van der Waals surface area contributed by atoms with Crippen LogP contribution in [0.15, 0.2) is 35.2 Å². The van der Waals surface area contributed by atoms with Crippen molar-refractivity contribution in [2.45, 2.75) is 94.1 Å². The predicted octanol–water partition coefficient (Wildman–Crippen LogP) is 5.52. The fourth-order valence-corrected chi connectivity index (χ4v) is 5.07. The molecule has 0 aliphatic heterocycles. The molecule has 1 aromatic carbocycles. The maximum absolute atomic E-state index is 12.7. The van der Waals surface area contributed by atoms with Crippen LogP contribution in [0, 0.1) is 0 Å². The molecule has 0 saturated heterocycles. The second kappa shape index (κ2) is 13.3. The van der Waals surface area contributed by atoms with E-state index in [1.165, 1.54) is 51.4 Å². The zero-order valence-electron chi connectivity index (χ0n) is 15.8. The van der Waals surface area contributed by atoms with Gasteiger partial charge in [0.2, 0.25) is 0 Å². The quantitative estimate of drug-likeness (QED) is 0.415. The zero-order chi connectivity index (χ0) is 18.4. The van der Waals surface area contributed by atoms with Crippen molar-refractivity contribution in [3.8, 4) is 0 Å². The first kappa shape index (κ1) is 22.2. The molecule has 1 unspecified atom stereocenters. The van der Waals surface area contributed by atoms with Crippen molar-refractivity contribution < 1.29 is 13.5 Å². The molecule has 0 aliphatic carbocycles. The predicted molar refractivity (Wildman–Crippen MR) is 106 cm³/mol. The van der Waals surface area contributed by atoms with Crippen molar-refractivity contribution in [3.05, 3.63) is 30.3 Å². The average molecular weight is 369 g/mol. The van der Waals surface area contributed by atoms with Gasteiger partial charge in [0, 0.05) is 6.61 Å². The van der Waals surface area contributed by atoms with Crippen LogP contribution in [0.25, 0.3) is 0 Å². The number of sulfone groups is 1. The van der Waals surface area contributed by atoms with E-state index in [0.717, 1.165) is 12.8 Å².